The minimum Gasteiger partial charge on any atom is -0.326 e. The van der Waals surface area contributed by atoms with Crippen molar-refractivity contribution in [2.45, 2.75) is 75.9 Å². The first-order valence-electron chi connectivity index (χ1n) is 10.5. The van der Waals surface area contributed by atoms with Gasteiger partial charge in [-0.2, -0.15) is 10.5 Å². The number of nitrogens with zero attached hydrogens (tertiary/aromatic N) is 5. The molecule has 3 fully saturated rings. The number of carbonyl (C=O) groups is 2. The summed E-state index contributed by atoms with van der Waals surface area (Å²) < 4.78 is 0. The Hall–Kier alpha value is -2.16. The zero-order chi connectivity index (χ0) is 19.9. The maximum atomic E-state index is 12.8. The number of hydrazine groups is 1. The van der Waals surface area contributed by atoms with Crippen LogP contribution in [0.15, 0.2) is 0 Å². The molecule has 152 valence electrons. The summed E-state index contributed by atoms with van der Waals surface area (Å²) in [7, 11) is 0. The fraction of sp³-hybridized carbons (Fsp3) is 0.800. The molecule has 2 amide bonds. The zero-order valence-corrected chi connectivity index (χ0v) is 16.5. The standard InChI is InChI=1S/C20H30N6O2/c21-12-17-8-4-10-24(17)19(27)14-23-26(16-6-2-1-3-7-16)15-20(28)25-11-5-9-18(25)13-22/h16-18,23H,1-11,14-15H2. The van der Waals surface area contributed by atoms with Gasteiger partial charge in [0.05, 0.1) is 25.2 Å². The van der Waals surface area contributed by atoms with Crippen LogP contribution in [0.3, 0.4) is 0 Å². The second-order valence-electron chi connectivity index (χ2n) is 8.00. The van der Waals surface area contributed by atoms with Gasteiger partial charge in [-0.25, -0.2) is 10.4 Å². The van der Waals surface area contributed by atoms with Crippen molar-refractivity contribution < 1.29 is 9.59 Å². The van der Waals surface area contributed by atoms with E-state index < -0.39 is 0 Å². The first kappa shape index (κ1) is 20.6. The fourth-order valence-electron chi connectivity index (χ4n) is 4.61. The highest BCUT2D eigenvalue weighted by Crippen LogP contribution is 2.23. The van der Waals surface area contributed by atoms with E-state index in [1.54, 1.807) is 9.80 Å². The van der Waals surface area contributed by atoms with E-state index in [4.69, 9.17) is 0 Å². The zero-order valence-electron chi connectivity index (χ0n) is 16.5. The van der Waals surface area contributed by atoms with Gasteiger partial charge in [-0.1, -0.05) is 19.3 Å². The molecule has 0 radical (unpaired) electrons. The topological polar surface area (TPSA) is 103 Å². The lowest BCUT2D eigenvalue weighted by Crippen LogP contribution is -2.55. The molecule has 3 rings (SSSR count). The van der Waals surface area contributed by atoms with Crippen molar-refractivity contribution in [1.82, 2.24) is 20.2 Å². The van der Waals surface area contributed by atoms with Crippen LogP contribution in [0.1, 0.15) is 57.8 Å². The van der Waals surface area contributed by atoms with Crippen LogP contribution in [0.4, 0.5) is 0 Å². The van der Waals surface area contributed by atoms with Crippen LogP contribution in [0.25, 0.3) is 0 Å². The van der Waals surface area contributed by atoms with Crippen molar-refractivity contribution in [3.8, 4) is 12.1 Å². The van der Waals surface area contributed by atoms with Gasteiger partial charge in [-0.05, 0) is 38.5 Å². The molecule has 2 saturated heterocycles. The third kappa shape index (κ3) is 4.81. The van der Waals surface area contributed by atoms with Gasteiger partial charge in [0.15, 0.2) is 0 Å². The maximum Gasteiger partial charge on any atom is 0.239 e. The summed E-state index contributed by atoms with van der Waals surface area (Å²) in [6, 6.07) is 3.98. The molecule has 0 aromatic carbocycles. The van der Waals surface area contributed by atoms with Crippen molar-refractivity contribution in [3.05, 3.63) is 0 Å². The van der Waals surface area contributed by atoms with Crippen molar-refractivity contribution in [3.63, 3.8) is 0 Å². The normalized spacial score (nSPS) is 25.7. The van der Waals surface area contributed by atoms with Gasteiger partial charge in [0.2, 0.25) is 11.8 Å². The average molecular weight is 387 g/mol. The van der Waals surface area contributed by atoms with E-state index in [0.717, 1.165) is 51.4 Å². The van der Waals surface area contributed by atoms with E-state index >= 15 is 0 Å². The molecule has 1 aliphatic carbocycles. The number of likely N-dealkylation sites (tertiary alicyclic amines) is 2. The van der Waals surface area contributed by atoms with E-state index in [1.165, 1.54) is 6.42 Å². The van der Waals surface area contributed by atoms with Crippen LogP contribution < -0.4 is 5.43 Å². The Morgan fingerprint density at radius 3 is 2.00 bits per heavy atom. The predicted molar refractivity (Wildman–Crippen MR) is 102 cm³/mol. The number of nitriles is 2. The van der Waals surface area contributed by atoms with E-state index in [-0.39, 0.29) is 43.0 Å². The van der Waals surface area contributed by atoms with E-state index in [9.17, 15) is 20.1 Å². The van der Waals surface area contributed by atoms with Crippen LogP contribution in [0.2, 0.25) is 0 Å². The molecule has 2 unspecified atom stereocenters. The molecule has 2 atom stereocenters. The second-order valence-corrected chi connectivity index (χ2v) is 8.00. The lowest BCUT2D eigenvalue weighted by molar-refractivity contribution is -0.137. The molecule has 0 bridgehead atoms. The SMILES string of the molecule is N#CC1CCCN1C(=O)CNN(CC(=O)N1CCCC1C#N)C1CCCCC1. The molecule has 2 aliphatic heterocycles. The minimum absolute atomic E-state index is 0.0503. The number of carbonyl (C=O) groups excluding carboxylic acids is 2. The largest absolute Gasteiger partial charge is 0.326 e. The summed E-state index contributed by atoms with van der Waals surface area (Å²) in [5.41, 5.74) is 3.20. The highest BCUT2D eigenvalue weighted by atomic mass is 16.2. The fourth-order valence-corrected chi connectivity index (χ4v) is 4.61. The lowest BCUT2D eigenvalue weighted by atomic mass is 9.95. The average Bonchev–Trinajstić information content (AvgIpc) is 3.40. The van der Waals surface area contributed by atoms with E-state index in [2.05, 4.69) is 17.6 Å². The molecule has 0 aromatic rings. The van der Waals surface area contributed by atoms with Gasteiger partial charge >= 0.3 is 0 Å². The molecule has 0 spiro atoms. The van der Waals surface area contributed by atoms with Gasteiger partial charge < -0.3 is 9.80 Å². The first-order valence-corrected chi connectivity index (χ1v) is 10.5. The third-order valence-electron chi connectivity index (χ3n) is 6.20. The summed E-state index contributed by atoms with van der Waals surface area (Å²) in [6.45, 7) is 1.53. The highest BCUT2D eigenvalue weighted by molar-refractivity contribution is 5.80. The summed E-state index contributed by atoms with van der Waals surface area (Å²) in [5.74, 6) is -0.140. The first-order chi connectivity index (χ1) is 13.6. The number of amides is 2. The van der Waals surface area contributed by atoms with Gasteiger partial charge in [0.1, 0.15) is 12.1 Å². The summed E-state index contributed by atoms with van der Waals surface area (Å²) >= 11 is 0. The Kier molecular flexibility index (Phi) is 7.24. The van der Waals surface area contributed by atoms with Gasteiger partial charge in [-0.15, -0.1) is 0 Å². The molecule has 2 heterocycles. The minimum atomic E-state index is -0.333. The number of hydrogen-bond donors (Lipinski definition) is 1. The molecule has 8 nitrogen and oxygen atoms in total. The second kappa shape index (κ2) is 9.86. The molecular weight excluding hydrogens is 356 g/mol. The number of nitrogens with one attached hydrogen (secondary N) is 1. The quantitative estimate of drug-likeness (QED) is 0.687. The van der Waals surface area contributed by atoms with Gasteiger partial charge in [0, 0.05) is 19.1 Å². The molecule has 8 heteroatoms. The third-order valence-corrected chi connectivity index (χ3v) is 6.20. The van der Waals surface area contributed by atoms with Crippen molar-refractivity contribution in [2.75, 3.05) is 26.2 Å². The summed E-state index contributed by atoms with van der Waals surface area (Å²) in [5, 5.41) is 20.4. The molecule has 0 aromatic heterocycles. The van der Waals surface area contributed by atoms with Crippen LogP contribution in [-0.2, 0) is 9.59 Å². The monoisotopic (exact) mass is 386 g/mol. The lowest BCUT2D eigenvalue weighted by Gasteiger charge is -2.35. The molecule has 1 N–H and O–H groups in total. The van der Waals surface area contributed by atoms with Crippen LogP contribution in [-0.4, -0.2) is 70.9 Å². The Bertz CT molecular complexity index is 648. The molecule has 1 saturated carbocycles. The van der Waals surface area contributed by atoms with Crippen molar-refractivity contribution in [1.29, 1.82) is 10.5 Å². The Morgan fingerprint density at radius 1 is 0.857 bits per heavy atom. The Labute approximate surface area is 167 Å². The predicted octanol–water partition coefficient (Wildman–Crippen LogP) is 1.15. The number of rotatable bonds is 6. The Morgan fingerprint density at radius 2 is 1.43 bits per heavy atom. The molecular formula is C20H30N6O2. The summed E-state index contributed by atoms with van der Waals surface area (Å²) in [4.78, 5) is 28.7. The van der Waals surface area contributed by atoms with E-state index in [1.807, 2.05) is 5.01 Å². The van der Waals surface area contributed by atoms with Gasteiger partial charge in [0.25, 0.3) is 0 Å². The van der Waals surface area contributed by atoms with Crippen LogP contribution in [0, 0.1) is 22.7 Å². The van der Waals surface area contributed by atoms with Gasteiger partial charge in [-0.3, -0.25) is 9.59 Å². The summed E-state index contributed by atoms with van der Waals surface area (Å²) in [6.07, 6.45) is 8.65. The smallest absolute Gasteiger partial charge is 0.239 e. The van der Waals surface area contributed by atoms with Crippen molar-refractivity contribution >= 4 is 11.8 Å². The van der Waals surface area contributed by atoms with E-state index in [0.29, 0.717) is 13.1 Å². The molecule has 28 heavy (non-hydrogen) atoms. The number of hydrogen-bond acceptors (Lipinski definition) is 6. The molecule has 3 aliphatic rings. The van der Waals surface area contributed by atoms with Crippen LogP contribution in [0.5, 0.6) is 0 Å². The maximum absolute atomic E-state index is 12.8. The van der Waals surface area contributed by atoms with Crippen LogP contribution >= 0.6 is 0 Å². The highest BCUT2D eigenvalue weighted by Gasteiger charge is 2.33. The van der Waals surface area contributed by atoms with Crippen molar-refractivity contribution in [2.24, 2.45) is 0 Å². The Balaban J connectivity index is 1.60.